The maximum atomic E-state index is 12.1. The van der Waals surface area contributed by atoms with E-state index >= 15 is 0 Å². The fourth-order valence-corrected chi connectivity index (χ4v) is 2.73. The number of hydrogen-bond donors (Lipinski definition) is 2. The van der Waals surface area contributed by atoms with Crippen molar-refractivity contribution in [1.29, 1.82) is 0 Å². The van der Waals surface area contributed by atoms with Gasteiger partial charge in [-0.2, -0.15) is 0 Å². The van der Waals surface area contributed by atoms with Crippen LogP contribution >= 0.6 is 11.8 Å². The summed E-state index contributed by atoms with van der Waals surface area (Å²) in [6, 6.07) is 10.8. The molecule has 23 heavy (non-hydrogen) atoms. The van der Waals surface area contributed by atoms with E-state index in [0.717, 1.165) is 4.90 Å². The fourth-order valence-electron chi connectivity index (χ4n) is 2.01. The van der Waals surface area contributed by atoms with Crippen molar-refractivity contribution in [1.82, 2.24) is 9.55 Å². The molecule has 0 unspecified atom stereocenters. The molecule has 0 fully saturated rings. The molecule has 122 valence electrons. The normalized spacial score (nSPS) is 10.7. The molecule has 2 aromatic rings. The Kier molecular flexibility index (Phi) is 5.81. The lowest BCUT2D eigenvalue weighted by molar-refractivity contribution is -0.113. The van der Waals surface area contributed by atoms with Crippen molar-refractivity contribution in [2.24, 2.45) is 5.92 Å². The number of aromatic nitrogens is 2. The van der Waals surface area contributed by atoms with Crippen LogP contribution in [-0.4, -0.2) is 21.2 Å². The third kappa shape index (κ3) is 5.14. The summed E-state index contributed by atoms with van der Waals surface area (Å²) in [5.74, 6) is 0.368. The molecule has 2 rings (SSSR count). The van der Waals surface area contributed by atoms with E-state index in [2.05, 4.69) is 10.3 Å². The first-order valence-corrected chi connectivity index (χ1v) is 8.26. The summed E-state index contributed by atoms with van der Waals surface area (Å²) in [6.07, 6.45) is 0. The molecule has 2 N–H and O–H groups in total. The Balaban J connectivity index is 2.10. The summed E-state index contributed by atoms with van der Waals surface area (Å²) >= 11 is 1.39. The van der Waals surface area contributed by atoms with Gasteiger partial charge in [0.25, 0.3) is 5.56 Å². The molecule has 1 amide bonds. The van der Waals surface area contributed by atoms with Crippen LogP contribution in [0.3, 0.4) is 0 Å². The predicted molar refractivity (Wildman–Crippen MR) is 92.0 cm³/mol. The quantitative estimate of drug-likeness (QED) is 0.791. The van der Waals surface area contributed by atoms with E-state index in [9.17, 15) is 14.4 Å². The summed E-state index contributed by atoms with van der Waals surface area (Å²) in [4.78, 5) is 38.7. The van der Waals surface area contributed by atoms with Crippen molar-refractivity contribution < 1.29 is 4.79 Å². The van der Waals surface area contributed by atoms with Crippen molar-refractivity contribution in [3.8, 4) is 0 Å². The van der Waals surface area contributed by atoms with Crippen LogP contribution in [0.4, 0.5) is 5.82 Å². The summed E-state index contributed by atoms with van der Waals surface area (Å²) in [5.41, 5.74) is -1.04. The number of rotatable bonds is 6. The maximum Gasteiger partial charge on any atom is 0.329 e. The molecule has 0 aliphatic heterocycles. The highest BCUT2D eigenvalue weighted by atomic mass is 32.2. The summed E-state index contributed by atoms with van der Waals surface area (Å²) in [6.45, 7) is 4.32. The number of benzene rings is 1. The molecule has 1 aromatic heterocycles. The van der Waals surface area contributed by atoms with Crippen molar-refractivity contribution in [2.45, 2.75) is 25.3 Å². The van der Waals surface area contributed by atoms with Crippen molar-refractivity contribution in [2.75, 3.05) is 11.1 Å². The molecule has 0 spiro atoms. The number of carbonyl (C=O) groups excluding carboxylic acids is 1. The second kappa shape index (κ2) is 7.82. The molecule has 0 aliphatic rings. The predicted octanol–water partition coefficient (Wildman–Crippen LogP) is 1.92. The Morgan fingerprint density at radius 2 is 1.96 bits per heavy atom. The topological polar surface area (TPSA) is 84.0 Å². The molecular formula is C16H19N3O3S. The lowest BCUT2D eigenvalue weighted by Gasteiger charge is -2.14. The average Bonchev–Trinajstić information content (AvgIpc) is 2.49. The lowest BCUT2D eigenvalue weighted by Crippen LogP contribution is -2.34. The number of thioether (sulfide) groups is 1. The Morgan fingerprint density at radius 3 is 2.61 bits per heavy atom. The summed E-state index contributed by atoms with van der Waals surface area (Å²) in [7, 11) is 0. The monoisotopic (exact) mass is 333 g/mol. The molecule has 0 aliphatic carbocycles. The first kappa shape index (κ1) is 17.1. The molecule has 0 saturated carbocycles. The third-order valence-corrected chi connectivity index (χ3v) is 3.97. The highest BCUT2D eigenvalue weighted by Gasteiger charge is 2.11. The Labute approximate surface area is 137 Å². The van der Waals surface area contributed by atoms with E-state index in [-0.39, 0.29) is 23.4 Å². The standard InChI is InChI=1S/C16H19N3O3S/c1-11(2)9-19-13(8-14(20)18-16(19)22)17-15(21)10-23-12-6-4-3-5-7-12/h3-8,11H,9-10H2,1-2H3,(H,17,21)(H,18,20,22). The van der Waals surface area contributed by atoms with Crippen LogP contribution in [0.2, 0.25) is 0 Å². The Bertz CT molecular complexity index is 781. The van der Waals surface area contributed by atoms with E-state index in [1.54, 1.807) is 0 Å². The first-order chi connectivity index (χ1) is 11.0. The number of anilines is 1. The number of aromatic amines is 1. The zero-order chi connectivity index (χ0) is 16.8. The van der Waals surface area contributed by atoms with Gasteiger partial charge in [-0.3, -0.25) is 19.1 Å². The van der Waals surface area contributed by atoms with Crippen molar-refractivity contribution in [3.05, 3.63) is 57.2 Å². The van der Waals surface area contributed by atoms with Gasteiger partial charge in [0.1, 0.15) is 5.82 Å². The average molecular weight is 333 g/mol. The molecule has 0 atom stereocenters. The van der Waals surface area contributed by atoms with E-state index in [1.165, 1.54) is 22.4 Å². The van der Waals surface area contributed by atoms with E-state index < -0.39 is 11.2 Å². The zero-order valence-electron chi connectivity index (χ0n) is 13.0. The molecule has 0 bridgehead atoms. The minimum absolute atomic E-state index is 0.201. The van der Waals surface area contributed by atoms with Crippen molar-refractivity contribution in [3.63, 3.8) is 0 Å². The second-order valence-electron chi connectivity index (χ2n) is 5.48. The lowest BCUT2D eigenvalue weighted by atomic mass is 10.2. The molecule has 1 heterocycles. The van der Waals surface area contributed by atoms with Crippen LogP contribution < -0.4 is 16.6 Å². The van der Waals surface area contributed by atoms with Gasteiger partial charge in [0.05, 0.1) is 5.75 Å². The van der Waals surface area contributed by atoms with Gasteiger partial charge < -0.3 is 5.32 Å². The molecule has 0 saturated heterocycles. The summed E-state index contributed by atoms with van der Waals surface area (Å²) < 4.78 is 1.37. The first-order valence-electron chi connectivity index (χ1n) is 7.27. The van der Waals surface area contributed by atoms with Gasteiger partial charge in [0.2, 0.25) is 5.91 Å². The van der Waals surface area contributed by atoms with Crippen LogP contribution in [-0.2, 0) is 11.3 Å². The highest BCUT2D eigenvalue weighted by Crippen LogP contribution is 2.17. The number of amides is 1. The minimum atomic E-state index is -0.527. The Morgan fingerprint density at radius 1 is 1.26 bits per heavy atom. The van der Waals surface area contributed by atoms with Crippen LogP contribution in [0.1, 0.15) is 13.8 Å². The van der Waals surface area contributed by atoms with Gasteiger partial charge >= 0.3 is 5.69 Å². The van der Waals surface area contributed by atoms with Gasteiger partial charge in [-0.1, -0.05) is 32.0 Å². The summed E-state index contributed by atoms with van der Waals surface area (Å²) in [5, 5.41) is 2.65. The number of nitrogens with zero attached hydrogens (tertiary/aromatic N) is 1. The van der Waals surface area contributed by atoms with Crippen LogP contribution in [0.15, 0.2) is 50.9 Å². The Hall–Kier alpha value is -2.28. The number of carbonyl (C=O) groups is 1. The van der Waals surface area contributed by atoms with Crippen LogP contribution in [0, 0.1) is 5.92 Å². The molecular weight excluding hydrogens is 314 g/mol. The second-order valence-corrected chi connectivity index (χ2v) is 6.53. The van der Waals surface area contributed by atoms with Gasteiger partial charge in [-0.05, 0) is 18.1 Å². The molecule has 0 radical (unpaired) electrons. The van der Waals surface area contributed by atoms with Crippen molar-refractivity contribution >= 4 is 23.5 Å². The van der Waals surface area contributed by atoms with E-state index in [4.69, 9.17) is 0 Å². The maximum absolute atomic E-state index is 12.1. The smallest absolute Gasteiger partial charge is 0.311 e. The van der Waals surface area contributed by atoms with E-state index in [0.29, 0.717) is 6.54 Å². The fraction of sp³-hybridized carbons (Fsp3) is 0.312. The van der Waals surface area contributed by atoms with Gasteiger partial charge in [-0.15, -0.1) is 11.8 Å². The molecule has 7 heteroatoms. The van der Waals surface area contributed by atoms with Crippen LogP contribution in [0.25, 0.3) is 0 Å². The third-order valence-electron chi connectivity index (χ3n) is 2.96. The van der Waals surface area contributed by atoms with Gasteiger partial charge in [0.15, 0.2) is 0 Å². The number of hydrogen-bond acceptors (Lipinski definition) is 4. The van der Waals surface area contributed by atoms with E-state index in [1.807, 2.05) is 44.2 Å². The van der Waals surface area contributed by atoms with Gasteiger partial charge in [0, 0.05) is 17.5 Å². The molecule has 6 nitrogen and oxygen atoms in total. The number of nitrogens with one attached hydrogen (secondary N) is 2. The largest absolute Gasteiger partial charge is 0.329 e. The minimum Gasteiger partial charge on any atom is -0.311 e. The zero-order valence-corrected chi connectivity index (χ0v) is 13.9. The van der Waals surface area contributed by atoms with Gasteiger partial charge in [-0.25, -0.2) is 4.79 Å². The van der Waals surface area contributed by atoms with Crippen LogP contribution in [0.5, 0.6) is 0 Å². The number of H-pyrrole nitrogens is 1. The highest BCUT2D eigenvalue weighted by molar-refractivity contribution is 8.00. The SMILES string of the molecule is CC(C)Cn1c(NC(=O)CSc2ccccc2)cc(=O)[nH]c1=O. The molecule has 1 aromatic carbocycles.